The Kier molecular flexibility index (Phi) is 13.1. The van der Waals surface area contributed by atoms with Gasteiger partial charge in [0.1, 0.15) is 6.61 Å². The first-order valence-corrected chi connectivity index (χ1v) is 19.4. The first-order valence-electron chi connectivity index (χ1n) is 10.3. The monoisotopic (exact) mass is 464 g/mol. The Hall–Kier alpha value is -0.789. The lowest BCUT2D eigenvalue weighted by atomic mass is 10.4. The minimum Gasteiger partial charge on any atom is -0.478 e. The zero-order valence-corrected chi connectivity index (χ0v) is 22.2. The van der Waals surface area contributed by atoms with Crippen LogP contribution < -0.4 is 0 Å². The fraction of sp³-hybridized carbons (Fsp3) is 0.789. The van der Waals surface area contributed by atoms with Crippen LogP contribution in [-0.2, 0) is 27.3 Å². The molecule has 10 heteroatoms. The number of aliphatic carboxylic acids is 1. The average Bonchev–Trinajstić information content (AvgIpc) is 2.55. The van der Waals surface area contributed by atoms with Crippen molar-refractivity contribution in [2.24, 2.45) is 0 Å². The molecule has 0 spiro atoms. The SMILES string of the molecule is CCCC[Si](C)(C)O[Si](C)(C)O[Si](C)(C)CCCOCCOC(=O)/C=C\C(=O)O. The fourth-order valence-electron chi connectivity index (χ4n) is 3.15. The molecule has 0 amide bonds. The Bertz CT molecular complexity index is 534. The summed E-state index contributed by atoms with van der Waals surface area (Å²) in [6.45, 7) is 16.5. The molecule has 0 aromatic heterocycles. The summed E-state index contributed by atoms with van der Waals surface area (Å²) >= 11 is 0. The van der Waals surface area contributed by atoms with Crippen LogP contribution in [0.2, 0.25) is 51.4 Å². The highest BCUT2D eigenvalue weighted by Crippen LogP contribution is 2.26. The van der Waals surface area contributed by atoms with Crippen molar-refractivity contribution >= 4 is 37.1 Å². The van der Waals surface area contributed by atoms with Gasteiger partial charge in [-0.25, -0.2) is 9.59 Å². The van der Waals surface area contributed by atoms with Gasteiger partial charge < -0.3 is 22.8 Å². The largest absolute Gasteiger partial charge is 0.478 e. The Morgan fingerprint density at radius 3 is 1.90 bits per heavy atom. The topological polar surface area (TPSA) is 91.3 Å². The molecule has 0 atom stereocenters. The number of esters is 1. The number of carboxylic acid groups (broad SMARTS) is 1. The summed E-state index contributed by atoms with van der Waals surface area (Å²) in [7, 11) is -5.68. The van der Waals surface area contributed by atoms with Crippen LogP contribution in [0.4, 0.5) is 0 Å². The van der Waals surface area contributed by atoms with Crippen LogP contribution in [0.5, 0.6) is 0 Å². The summed E-state index contributed by atoms with van der Waals surface area (Å²) in [4.78, 5) is 21.5. The van der Waals surface area contributed by atoms with Crippen molar-refractivity contribution in [3.05, 3.63) is 12.2 Å². The number of carboxylic acids is 1. The molecule has 0 aliphatic heterocycles. The second-order valence-electron chi connectivity index (χ2n) is 8.78. The molecule has 170 valence electrons. The summed E-state index contributed by atoms with van der Waals surface area (Å²) in [6, 6.07) is 2.15. The maximum Gasteiger partial charge on any atom is 0.331 e. The van der Waals surface area contributed by atoms with Gasteiger partial charge in [-0.2, -0.15) is 0 Å². The molecular formula is C19H40O7Si3. The second-order valence-corrected chi connectivity index (χ2v) is 21.3. The lowest BCUT2D eigenvalue weighted by Gasteiger charge is -2.38. The maximum atomic E-state index is 11.2. The quantitative estimate of drug-likeness (QED) is 0.155. The van der Waals surface area contributed by atoms with Crippen LogP contribution in [0, 0.1) is 0 Å². The molecule has 0 rings (SSSR count). The van der Waals surface area contributed by atoms with Crippen molar-refractivity contribution < 1.29 is 32.4 Å². The van der Waals surface area contributed by atoms with Gasteiger partial charge in [0.2, 0.25) is 0 Å². The molecule has 0 unspecified atom stereocenters. The Morgan fingerprint density at radius 2 is 1.38 bits per heavy atom. The van der Waals surface area contributed by atoms with Crippen molar-refractivity contribution in [1.29, 1.82) is 0 Å². The van der Waals surface area contributed by atoms with Gasteiger partial charge in [-0.3, -0.25) is 0 Å². The number of ether oxygens (including phenoxy) is 2. The van der Waals surface area contributed by atoms with Gasteiger partial charge in [-0.15, -0.1) is 0 Å². The first kappa shape index (κ1) is 28.2. The molecule has 0 saturated heterocycles. The molecule has 0 radical (unpaired) electrons. The van der Waals surface area contributed by atoms with Crippen LogP contribution in [0.3, 0.4) is 0 Å². The summed E-state index contributed by atoms with van der Waals surface area (Å²) in [5.41, 5.74) is 0. The third-order valence-corrected chi connectivity index (χ3v) is 15.5. The highest BCUT2D eigenvalue weighted by atomic mass is 28.5. The molecular weight excluding hydrogens is 424 g/mol. The summed E-state index contributed by atoms with van der Waals surface area (Å²) < 4.78 is 23.4. The van der Waals surface area contributed by atoms with E-state index in [9.17, 15) is 9.59 Å². The van der Waals surface area contributed by atoms with Crippen LogP contribution in [-0.4, -0.2) is 62.1 Å². The van der Waals surface area contributed by atoms with Crippen LogP contribution in [0.15, 0.2) is 12.2 Å². The van der Waals surface area contributed by atoms with E-state index in [-0.39, 0.29) is 13.2 Å². The van der Waals surface area contributed by atoms with Crippen LogP contribution in [0.1, 0.15) is 26.2 Å². The first-order chi connectivity index (χ1) is 13.3. The van der Waals surface area contributed by atoms with Gasteiger partial charge >= 0.3 is 20.5 Å². The molecule has 0 aliphatic rings. The Labute approximate surface area is 179 Å². The number of carbonyl (C=O) groups excluding carboxylic acids is 1. The van der Waals surface area contributed by atoms with Crippen molar-refractivity contribution in [3.63, 3.8) is 0 Å². The molecule has 0 bridgehead atoms. The third-order valence-electron chi connectivity index (χ3n) is 4.08. The Balaban J connectivity index is 4.11. The van der Waals surface area contributed by atoms with E-state index >= 15 is 0 Å². The number of unbranched alkanes of at least 4 members (excludes halogenated alkanes) is 1. The van der Waals surface area contributed by atoms with Crippen molar-refractivity contribution in [3.8, 4) is 0 Å². The number of carbonyl (C=O) groups is 2. The van der Waals surface area contributed by atoms with E-state index in [1.54, 1.807) is 0 Å². The zero-order chi connectivity index (χ0) is 22.6. The van der Waals surface area contributed by atoms with E-state index in [0.29, 0.717) is 6.61 Å². The predicted octanol–water partition coefficient (Wildman–Crippen LogP) is 4.52. The van der Waals surface area contributed by atoms with Gasteiger partial charge in [-0.1, -0.05) is 19.8 Å². The molecule has 29 heavy (non-hydrogen) atoms. The van der Waals surface area contributed by atoms with Gasteiger partial charge in [0.05, 0.1) is 6.61 Å². The molecule has 1 N–H and O–H groups in total. The maximum absolute atomic E-state index is 11.2. The Morgan fingerprint density at radius 1 is 0.828 bits per heavy atom. The summed E-state index contributed by atoms with van der Waals surface area (Å²) in [5, 5.41) is 8.43. The lowest BCUT2D eigenvalue weighted by Crippen LogP contribution is -2.52. The number of hydrogen-bond donors (Lipinski definition) is 1. The molecule has 0 aromatic rings. The number of hydrogen-bond acceptors (Lipinski definition) is 6. The lowest BCUT2D eigenvalue weighted by molar-refractivity contribution is -0.140. The van der Waals surface area contributed by atoms with Gasteiger partial charge in [-0.05, 0) is 57.8 Å². The standard InChI is InChI=1S/C19H40O7Si3/c1-8-9-16-27(2,3)25-29(6,7)26-28(4,5)17-10-13-23-14-15-24-19(22)12-11-18(20)21/h11-12H,8-10,13-17H2,1-7H3,(H,20,21)/b12-11-. The summed E-state index contributed by atoms with van der Waals surface area (Å²) in [5.74, 6) is -1.87. The molecule has 0 heterocycles. The van der Waals surface area contributed by atoms with Gasteiger partial charge in [0, 0.05) is 18.8 Å². The van der Waals surface area contributed by atoms with Gasteiger partial charge in [0.25, 0.3) is 0 Å². The normalized spacial score (nSPS) is 13.1. The van der Waals surface area contributed by atoms with Crippen LogP contribution >= 0.6 is 0 Å². The van der Waals surface area contributed by atoms with E-state index in [0.717, 1.165) is 24.6 Å². The molecule has 0 aliphatic carbocycles. The van der Waals surface area contributed by atoms with E-state index in [2.05, 4.69) is 46.2 Å². The van der Waals surface area contributed by atoms with Crippen molar-refractivity contribution in [2.45, 2.75) is 77.6 Å². The molecule has 7 nitrogen and oxygen atoms in total. The molecule has 0 saturated carbocycles. The predicted molar refractivity (Wildman–Crippen MR) is 122 cm³/mol. The minimum atomic E-state index is -2.16. The second kappa shape index (κ2) is 13.5. The zero-order valence-electron chi connectivity index (χ0n) is 19.2. The minimum absolute atomic E-state index is 0.103. The van der Waals surface area contributed by atoms with Crippen molar-refractivity contribution in [2.75, 3.05) is 19.8 Å². The molecule has 0 fully saturated rings. The van der Waals surface area contributed by atoms with Gasteiger partial charge in [0.15, 0.2) is 16.6 Å². The van der Waals surface area contributed by atoms with Crippen molar-refractivity contribution in [1.82, 2.24) is 0 Å². The number of rotatable bonds is 16. The van der Waals surface area contributed by atoms with E-state index in [4.69, 9.17) is 22.8 Å². The average molecular weight is 465 g/mol. The van der Waals surface area contributed by atoms with E-state index in [1.165, 1.54) is 18.9 Å². The molecule has 0 aromatic carbocycles. The summed E-state index contributed by atoms with van der Waals surface area (Å²) in [6.07, 6.45) is 4.92. The van der Waals surface area contributed by atoms with E-state index in [1.807, 2.05) is 0 Å². The fourth-order valence-corrected chi connectivity index (χ4v) is 17.4. The highest BCUT2D eigenvalue weighted by Gasteiger charge is 2.39. The van der Waals surface area contributed by atoms with Crippen LogP contribution in [0.25, 0.3) is 0 Å². The third kappa shape index (κ3) is 16.7. The highest BCUT2D eigenvalue weighted by molar-refractivity contribution is 6.87. The van der Waals surface area contributed by atoms with E-state index < -0.39 is 37.1 Å². The smallest absolute Gasteiger partial charge is 0.331 e.